The zero-order valence-electron chi connectivity index (χ0n) is 21.2. The summed E-state index contributed by atoms with van der Waals surface area (Å²) in [5, 5.41) is 7.34. The predicted molar refractivity (Wildman–Crippen MR) is 148 cm³/mol. The summed E-state index contributed by atoms with van der Waals surface area (Å²) in [5.41, 5.74) is 7.27. The fourth-order valence-electron chi connectivity index (χ4n) is 4.68. The number of para-hydroxylation sites is 1. The van der Waals surface area contributed by atoms with E-state index in [4.69, 9.17) is 4.98 Å². The van der Waals surface area contributed by atoms with E-state index in [1.807, 2.05) is 42.7 Å². The summed E-state index contributed by atoms with van der Waals surface area (Å²) in [6, 6.07) is 14.6. The van der Waals surface area contributed by atoms with Gasteiger partial charge in [-0.25, -0.2) is 9.37 Å². The minimum atomic E-state index is -0.270. The summed E-state index contributed by atoms with van der Waals surface area (Å²) in [5.74, 6) is 0.408. The molecule has 0 fully saturated rings. The van der Waals surface area contributed by atoms with Gasteiger partial charge in [0.05, 0.1) is 17.2 Å². The molecule has 0 saturated carbocycles. The molecule has 0 atom stereocenters. The lowest BCUT2D eigenvalue weighted by Crippen LogP contribution is -2.24. The molecule has 2 aromatic carbocycles. The summed E-state index contributed by atoms with van der Waals surface area (Å²) in [6.07, 6.45) is 12.0. The number of aromatic nitrogens is 5. The predicted octanol–water partition coefficient (Wildman–Crippen LogP) is 6.95. The molecule has 0 radical (unpaired) electrons. The Bertz CT molecular complexity index is 1510. The zero-order valence-corrected chi connectivity index (χ0v) is 21.2. The third-order valence-corrected chi connectivity index (χ3v) is 6.31. The van der Waals surface area contributed by atoms with E-state index in [2.05, 4.69) is 51.1 Å². The van der Waals surface area contributed by atoms with Crippen LogP contribution in [0.1, 0.15) is 43.4 Å². The molecule has 6 nitrogen and oxygen atoms in total. The first-order valence-corrected chi connectivity index (χ1v) is 12.8. The standard InChI is InChI=1S/C30H31FN6/c1-3-13-37(14-4-2)20-22-15-21(17-32-18-22)11-12-24-19-33-36-28(24)30-34-27-10-6-9-26(29(27)35-30)23-7-5-8-25(31)16-23/h5-12,15-19H,3-4,13-14,20H2,1-2H3,(H,33,36)(H,34,35)/b12-11+. The van der Waals surface area contributed by atoms with E-state index < -0.39 is 0 Å². The molecule has 0 unspecified atom stereocenters. The van der Waals surface area contributed by atoms with Gasteiger partial charge in [-0.3, -0.25) is 15.0 Å². The van der Waals surface area contributed by atoms with Crippen molar-refractivity contribution in [3.05, 3.63) is 89.6 Å². The van der Waals surface area contributed by atoms with E-state index in [0.717, 1.165) is 71.5 Å². The maximum atomic E-state index is 13.9. The van der Waals surface area contributed by atoms with Crippen LogP contribution in [0.25, 0.3) is 45.8 Å². The topological polar surface area (TPSA) is 73.5 Å². The molecule has 0 saturated heterocycles. The number of nitrogens with zero attached hydrogens (tertiary/aromatic N) is 4. The highest BCUT2D eigenvalue weighted by Crippen LogP contribution is 2.30. The van der Waals surface area contributed by atoms with E-state index in [9.17, 15) is 4.39 Å². The van der Waals surface area contributed by atoms with E-state index in [-0.39, 0.29) is 5.82 Å². The van der Waals surface area contributed by atoms with Crippen LogP contribution >= 0.6 is 0 Å². The minimum absolute atomic E-state index is 0.270. The molecule has 2 N–H and O–H groups in total. The van der Waals surface area contributed by atoms with Gasteiger partial charge in [-0.15, -0.1) is 0 Å². The number of hydrogen-bond acceptors (Lipinski definition) is 4. The molecule has 0 aliphatic carbocycles. The fraction of sp³-hybridized carbons (Fsp3) is 0.233. The van der Waals surface area contributed by atoms with Crippen LogP contribution in [0.5, 0.6) is 0 Å². The number of hydrogen-bond donors (Lipinski definition) is 2. The van der Waals surface area contributed by atoms with Crippen molar-refractivity contribution in [1.82, 2.24) is 30.0 Å². The maximum absolute atomic E-state index is 13.9. The van der Waals surface area contributed by atoms with Crippen LogP contribution in [-0.2, 0) is 6.54 Å². The van der Waals surface area contributed by atoms with E-state index in [0.29, 0.717) is 5.82 Å². The molecule has 0 aliphatic rings. The van der Waals surface area contributed by atoms with Crippen LogP contribution in [0.3, 0.4) is 0 Å². The Balaban J connectivity index is 1.41. The Morgan fingerprint density at radius 1 is 0.946 bits per heavy atom. The van der Waals surface area contributed by atoms with Crippen LogP contribution in [0.2, 0.25) is 0 Å². The first kappa shape index (κ1) is 24.6. The van der Waals surface area contributed by atoms with Crippen molar-refractivity contribution >= 4 is 23.2 Å². The Kier molecular flexibility index (Phi) is 7.51. The Morgan fingerprint density at radius 3 is 2.59 bits per heavy atom. The van der Waals surface area contributed by atoms with E-state index in [1.54, 1.807) is 12.3 Å². The second kappa shape index (κ2) is 11.3. The maximum Gasteiger partial charge on any atom is 0.157 e. The highest BCUT2D eigenvalue weighted by molar-refractivity contribution is 5.94. The third kappa shape index (κ3) is 5.67. The van der Waals surface area contributed by atoms with Gasteiger partial charge in [-0.1, -0.05) is 50.3 Å². The second-order valence-corrected chi connectivity index (χ2v) is 9.23. The molecule has 0 spiro atoms. The monoisotopic (exact) mass is 494 g/mol. The summed E-state index contributed by atoms with van der Waals surface area (Å²) >= 11 is 0. The van der Waals surface area contributed by atoms with Gasteiger partial charge in [0, 0.05) is 30.1 Å². The van der Waals surface area contributed by atoms with Gasteiger partial charge in [0.1, 0.15) is 11.5 Å². The lowest BCUT2D eigenvalue weighted by Gasteiger charge is -2.20. The molecule has 37 heavy (non-hydrogen) atoms. The van der Waals surface area contributed by atoms with Gasteiger partial charge in [-0.05, 0) is 66.9 Å². The molecule has 188 valence electrons. The van der Waals surface area contributed by atoms with Crippen molar-refractivity contribution in [3.8, 4) is 22.6 Å². The second-order valence-electron chi connectivity index (χ2n) is 9.23. The molecular weight excluding hydrogens is 463 g/mol. The average molecular weight is 495 g/mol. The van der Waals surface area contributed by atoms with Crippen LogP contribution in [0.4, 0.5) is 4.39 Å². The molecule has 3 aromatic heterocycles. The lowest BCUT2D eigenvalue weighted by molar-refractivity contribution is 0.266. The van der Waals surface area contributed by atoms with Gasteiger partial charge in [0.2, 0.25) is 0 Å². The molecule has 5 aromatic rings. The van der Waals surface area contributed by atoms with Crippen LogP contribution < -0.4 is 0 Å². The van der Waals surface area contributed by atoms with Crippen molar-refractivity contribution < 1.29 is 4.39 Å². The van der Waals surface area contributed by atoms with Crippen molar-refractivity contribution in [1.29, 1.82) is 0 Å². The Morgan fingerprint density at radius 2 is 1.78 bits per heavy atom. The summed E-state index contributed by atoms with van der Waals surface area (Å²) in [7, 11) is 0. The molecule has 3 heterocycles. The molecule has 5 rings (SSSR count). The molecule has 7 heteroatoms. The van der Waals surface area contributed by atoms with Gasteiger partial charge in [-0.2, -0.15) is 5.10 Å². The fourth-order valence-corrected chi connectivity index (χ4v) is 4.68. The van der Waals surface area contributed by atoms with Crippen molar-refractivity contribution in [2.75, 3.05) is 13.1 Å². The zero-order chi connectivity index (χ0) is 25.6. The number of benzene rings is 2. The highest BCUT2D eigenvalue weighted by atomic mass is 19.1. The number of H-pyrrole nitrogens is 2. The van der Waals surface area contributed by atoms with Crippen molar-refractivity contribution in [3.63, 3.8) is 0 Å². The van der Waals surface area contributed by atoms with Gasteiger partial charge < -0.3 is 4.98 Å². The first-order chi connectivity index (χ1) is 18.1. The number of rotatable bonds is 10. The number of fused-ring (bicyclic) bond motifs is 1. The molecule has 0 aliphatic heterocycles. The van der Waals surface area contributed by atoms with Gasteiger partial charge in [0.15, 0.2) is 5.82 Å². The molecule has 0 amide bonds. The summed E-state index contributed by atoms with van der Waals surface area (Å²) in [4.78, 5) is 15.2. The Labute approximate surface area is 216 Å². The number of aromatic amines is 2. The van der Waals surface area contributed by atoms with Crippen molar-refractivity contribution in [2.24, 2.45) is 0 Å². The number of pyridine rings is 1. The number of halogens is 1. The van der Waals surface area contributed by atoms with Crippen LogP contribution in [-0.4, -0.2) is 43.1 Å². The van der Waals surface area contributed by atoms with E-state index >= 15 is 0 Å². The lowest BCUT2D eigenvalue weighted by atomic mass is 10.0. The third-order valence-electron chi connectivity index (χ3n) is 6.31. The van der Waals surface area contributed by atoms with Crippen molar-refractivity contribution in [2.45, 2.75) is 33.2 Å². The van der Waals surface area contributed by atoms with Crippen LogP contribution in [0.15, 0.2) is 67.1 Å². The van der Waals surface area contributed by atoms with Gasteiger partial charge >= 0.3 is 0 Å². The summed E-state index contributed by atoms with van der Waals surface area (Å²) < 4.78 is 13.9. The quantitative estimate of drug-likeness (QED) is 0.220. The highest BCUT2D eigenvalue weighted by Gasteiger charge is 2.14. The normalized spacial score (nSPS) is 11.8. The van der Waals surface area contributed by atoms with E-state index in [1.165, 1.54) is 17.7 Å². The first-order valence-electron chi connectivity index (χ1n) is 12.8. The van der Waals surface area contributed by atoms with Crippen LogP contribution in [0, 0.1) is 5.82 Å². The van der Waals surface area contributed by atoms with Gasteiger partial charge in [0.25, 0.3) is 0 Å². The number of nitrogens with one attached hydrogen (secondary N) is 2. The minimum Gasteiger partial charge on any atom is -0.337 e. The summed E-state index contributed by atoms with van der Waals surface area (Å²) in [6.45, 7) is 7.51. The number of imidazole rings is 1. The molecule has 0 bridgehead atoms. The average Bonchev–Trinajstić information content (AvgIpc) is 3.55. The SMILES string of the molecule is CCCN(CCC)Cc1cncc(/C=C/c2cn[nH]c2-c2nc3c(-c4cccc(F)c4)cccc3[nH]2)c1. The molecular formula is C30H31FN6. The Hall–Kier alpha value is -4.10. The smallest absolute Gasteiger partial charge is 0.157 e. The largest absolute Gasteiger partial charge is 0.337 e.